The number of hydrogen-bond acceptors (Lipinski definition) is 2. The second-order valence-corrected chi connectivity index (χ2v) is 3.54. The van der Waals surface area contributed by atoms with E-state index in [0.29, 0.717) is 11.1 Å². The Labute approximate surface area is 95.9 Å². The summed E-state index contributed by atoms with van der Waals surface area (Å²) in [5, 5.41) is 0. The molecule has 0 saturated carbocycles. The predicted molar refractivity (Wildman–Crippen MR) is 59.1 cm³/mol. The van der Waals surface area contributed by atoms with E-state index >= 15 is 0 Å². The average Bonchev–Trinajstić information content (AvgIpc) is 2.29. The molecule has 0 saturated heterocycles. The molecule has 17 heavy (non-hydrogen) atoms. The monoisotopic (exact) mass is 238 g/mol. The summed E-state index contributed by atoms with van der Waals surface area (Å²) in [6.07, 6.45) is -1.38. The summed E-state index contributed by atoms with van der Waals surface area (Å²) >= 11 is 0. The van der Waals surface area contributed by atoms with Gasteiger partial charge in [0.1, 0.15) is 0 Å². The van der Waals surface area contributed by atoms with Crippen LogP contribution in [0.1, 0.15) is 5.56 Å². The highest BCUT2D eigenvalue weighted by Gasteiger charge is 2.33. The Kier molecular flexibility index (Phi) is 2.75. The number of rotatable bonds is 1. The fourth-order valence-electron chi connectivity index (χ4n) is 1.51. The van der Waals surface area contributed by atoms with E-state index in [-0.39, 0.29) is 5.69 Å². The third-order valence-corrected chi connectivity index (χ3v) is 2.35. The minimum Gasteiger partial charge on any atom is -0.398 e. The Morgan fingerprint density at radius 3 is 2.41 bits per heavy atom. The minimum atomic E-state index is -4.44. The summed E-state index contributed by atoms with van der Waals surface area (Å²) in [6.45, 7) is 0. The van der Waals surface area contributed by atoms with E-state index < -0.39 is 11.7 Å². The van der Waals surface area contributed by atoms with E-state index in [0.717, 1.165) is 6.07 Å². The van der Waals surface area contributed by atoms with Gasteiger partial charge >= 0.3 is 6.18 Å². The number of nitrogens with zero attached hydrogens (tertiary/aromatic N) is 1. The van der Waals surface area contributed by atoms with Crippen molar-refractivity contribution in [3.63, 3.8) is 0 Å². The van der Waals surface area contributed by atoms with Crippen molar-refractivity contribution in [3.8, 4) is 11.1 Å². The number of benzene rings is 1. The number of hydrogen-bond donors (Lipinski definition) is 1. The van der Waals surface area contributed by atoms with Crippen molar-refractivity contribution in [1.82, 2.24) is 4.98 Å². The van der Waals surface area contributed by atoms with Crippen molar-refractivity contribution in [3.05, 3.63) is 48.3 Å². The van der Waals surface area contributed by atoms with Gasteiger partial charge < -0.3 is 5.73 Å². The first-order chi connectivity index (χ1) is 7.98. The molecular formula is C12H9F3N2. The molecule has 2 nitrogen and oxygen atoms in total. The van der Waals surface area contributed by atoms with Crippen molar-refractivity contribution in [1.29, 1.82) is 0 Å². The highest BCUT2D eigenvalue weighted by atomic mass is 19.4. The zero-order chi connectivity index (χ0) is 12.5. The van der Waals surface area contributed by atoms with Gasteiger partial charge in [0.05, 0.1) is 5.56 Å². The lowest BCUT2D eigenvalue weighted by Crippen LogP contribution is -2.08. The van der Waals surface area contributed by atoms with E-state index in [9.17, 15) is 13.2 Å². The summed E-state index contributed by atoms with van der Waals surface area (Å²) in [7, 11) is 0. The highest BCUT2D eigenvalue weighted by molar-refractivity contribution is 5.67. The maximum Gasteiger partial charge on any atom is 0.418 e. The lowest BCUT2D eigenvalue weighted by molar-refractivity contribution is -0.136. The molecule has 1 heterocycles. The fraction of sp³-hybridized carbons (Fsp3) is 0.0833. The Balaban J connectivity index is 2.53. The molecule has 0 unspecified atom stereocenters. The van der Waals surface area contributed by atoms with Gasteiger partial charge in [0.15, 0.2) is 0 Å². The van der Waals surface area contributed by atoms with Crippen LogP contribution in [0.5, 0.6) is 0 Å². The highest BCUT2D eigenvalue weighted by Crippen LogP contribution is 2.35. The van der Waals surface area contributed by atoms with Crippen LogP contribution in [0.25, 0.3) is 11.1 Å². The van der Waals surface area contributed by atoms with E-state index in [1.54, 1.807) is 24.4 Å². The van der Waals surface area contributed by atoms with E-state index in [2.05, 4.69) is 4.98 Å². The lowest BCUT2D eigenvalue weighted by Gasteiger charge is -2.11. The van der Waals surface area contributed by atoms with E-state index in [1.165, 1.54) is 12.3 Å². The minimum absolute atomic E-state index is 0.273. The molecule has 0 amide bonds. The standard InChI is InChI=1S/C12H9F3N2/c13-12(14,15)10-6-8(3-4-11(10)16)9-2-1-5-17-7-9/h1-7H,16H2. The Hall–Kier alpha value is -2.04. The molecule has 2 aromatic rings. The second-order valence-electron chi connectivity index (χ2n) is 3.54. The zero-order valence-corrected chi connectivity index (χ0v) is 8.70. The van der Waals surface area contributed by atoms with Gasteiger partial charge in [-0.3, -0.25) is 4.98 Å². The van der Waals surface area contributed by atoms with Crippen molar-refractivity contribution >= 4 is 5.69 Å². The van der Waals surface area contributed by atoms with Crippen molar-refractivity contribution in [2.75, 3.05) is 5.73 Å². The molecule has 0 aliphatic carbocycles. The van der Waals surface area contributed by atoms with Crippen molar-refractivity contribution in [2.24, 2.45) is 0 Å². The molecule has 0 fully saturated rings. The van der Waals surface area contributed by atoms with Crippen molar-refractivity contribution in [2.45, 2.75) is 6.18 Å². The van der Waals surface area contributed by atoms with Crippen LogP contribution in [-0.2, 0) is 6.18 Å². The Morgan fingerprint density at radius 2 is 1.82 bits per heavy atom. The quantitative estimate of drug-likeness (QED) is 0.774. The van der Waals surface area contributed by atoms with Gasteiger partial charge in [0.2, 0.25) is 0 Å². The van der Waals surface area contributed by atoms with Gasteiger partial charge in [0, 0.05) is 23.6 Å². The summed E-state index contributed by atoms with van der Waals surface area (Å²) < 4.78 is 37.9. The van der Waals surface area contributed by atoms with Gasteiger partial charge in [-0.05, 0) is 23.8 Å². The lowest BCUT2D eigenvalue weighted by atomic mass is 10.0. The first-order valence-corrected chi connectivity index (χ1v) is 4.85. The predicted octanol–water partition coefficient (Wildman–Crippen LogP) is 3.35. The number of alkyl halides is 3. The van der Waals surface area contributed by atoms with Crippen LogP contribution in [0.2, 0.25) is 0 Å². The number of nitrogens with two attached hydrogens (primary N) is 1. The van der Waals surface area contributed by atoms with E-state index in [1.807, 2.05) is 0 Å². The molecule has 0 bridgehead atoms. The van der Waals surface area contributed by atoms with Crippen molar-refractivity contribution < 1.29 is 13.2 Å². The molecule has 0 radical (unpaired) electrons. The molecular weight excluding hydrogens is 229 g/mol. The van der Waals surface area contributed by atoms with Crippen LogP contribution in [-0.4, -0.2) is 4.98 Å². The molecule has 2 N–H and O–H groups in total. The Morgan fingerprint density at radius 1 is 1.06 bits per heavy atom. The van der Waals surface area contributed by atoms with Gasteiger partial charge in [0.25, 0.3) is 0 Å². The summed E-state index contributed by atoms with van der Waals surface area (Å²) in [5.41, 5.74) is 5.29. The van der Waals surface area contributed by atoms with Gasteiger partial charge in [-0.15, -0.1) is 0 Å². The average molecular weight is 238 g/mol. The molecule has 0 atom stereocenters. The van der Waals surface area contributed by atoms with Crippen LogP contribution in [0.3, 0.4) is 0 Å². The molecule has 0 spiro atoms. The largest absolute Gasteiger partial charge is 0.418 e. The van der Waals surface area contributed by atoms with E-state index in [4.69, 9.17) is 5.73 Å². The number of aromatic nitrogens is 1. The van der Waals surface area contributed by atoms with Crippen LogP contribution in [0.4, 0.5) is 18.9 Å². The molecule has 5 heteroatoms. The topological polar surface area (TPSA) is 38.9 Å². The molecule has 1 aromatic carbocycles. The SMILES string of the molecule is Nc1ccc(-c2cccnc2)cc1C(F)(F)F. The molecule has 0 aliphatic heterocycles. The molecule has 0 aliphatic rings. The first kappa shape index (κ1) is 11.4. The maximum absolute atomic E-state index is 12.6. The fourth-order valence-corrected chi connectivity index (χ4v) is 1.51. The maximum atomic E-state index is 12.6. The van der Waals surface area contributed by atoms with Crippen LogP contribution in [0, 0.1) is 0 Å². The Bertz CT molecular complexity index is 521. The summed E-state index contributed by atoms with van der Waals surface area (Å²) in [4.78, 5) is 3.86. The van der Waals surface area contributed by atoms with Crippen LogP contribution < -0.4 is 5.73 Å². The zero-order valence-electron chi connectivity index (χ0n) is 8.70. The number of anilines is 1. The number of halogens is 3. The number of pyridine rings is 1. The smallest absolute Gasteiger partial charge is 0.398 e. The number of nitrogen functional groups attached to an aromatic ring is 1. The normalized spacial score (nSPS) is 11.5. The molecule has 1 aromatic heterocycles. The molecule has 88 valence electrons. The van der Waals surface area contributed by atoms with Crippen LogP contribution in [0.15, 0.2) is 42.7 Å². The van der Waals surface area contributed by atoms with Gasteiger partial charge in [-0.25, -0.2) is 0 Å². The van der Waals surface area contributed by atoms with Gasteiger partial charge in [-0.2, -0.15) is 13.2 Å². The first-order valence-electron chi connectivity index (χ1n) is 4.85. The summed E-state index contributed by atoms with van der Waals surface area (Å²) in [6, 6.07) is 7.19. The second kappa shape index (κ2) is 4.08. The third-order valence-electron chi connectivity index (χ3n) is 2.35. The molecule has 2 rings (SSSR count). The summed E-state index contributed by atoms with van der Waals surface area (Å²) in [5.74, 6) is 0. The van der Waals surface area contributed by atoms with Gasteiger partial charge in [-0.1, -0.05) is 12.1 Å². The third kappa shape index (κ3) is 2.38. The van der Waals surface area contributed by atoms with Crippen LogP contribution >= 0.6 is 0 Å².